The molecule has 1 aromatic carbocycles. The molecule has 0 saturated heterocycles. The number of fused-ring (bicyclic) bond motifs is 1. The number of aryl methyl sites for hydroxylation is 1. The van der Waals surface area contributed by atoms with Crippen molar-refractivity contribution in [2.24, 2.45) is 13.0 Å². The van der Waals surface area contributed by atoms with E-state index in [9.17, 15) is 22.8 Å². The molecule has 1 aliphatic heterocycles. The number of halogens is 3. The van der Waals surface area contributed by atoms with Crippen molar-refractivity contribution in [3.63, 3.8) is 0 Å². The number of aromatic nitrogens is 1. The van der Waals surface area contributed by atoms with Crippen LogP contribution in [0.3, 0.4) is 0 Å². The maximum atomic E-state index is 14.1. The van der Waals surface area contributed by atoms with Gasteiger partial charge >= 0.3 is 12.2 Å². The fourth-order valence-electron chi connectivity index (χ4n) is 3.29. The fourth-order valence-corrected chi connectivity index (χ4v) is 3.29. The van der Waals surface area contributed by atoms with Gasteiger partial charge in [-0.2, -0.15) is 13.2 Å². The molecule has 2 aliphatic rings. The standard InChI is InChI=1S/C21H18F3N3O2/c1-27-9-7-15(12-18(27)28)10-14-4-5-16-17(11-14)25-19(29)26-20(16,21(22,23)24)8-6-13-2-3-13/h4-5,7,9,11-13H,2-3,10H2,1H3,(H2,25,26,29)/t20-/m0/s1. The van der Waals surface area contributed by atoms with Gasteiger partial charge < -0.3 is 15.2 Å². The summed E-state index contributed by atoms with van der Waals surface area (Å²) in [5, 5.41) is 4.45. The maximum absolute atomic E-state index is 14.1. The van der Waals surface area contributed by atoms with Crippen molar-refractivity contribution < 1.29 is 18.0 Å². The lowest BCUT2D eigenvalue weighted by atomic mass is 9.85. The summed E-state index contributed by atoms with van der Waals surface area (Å²) in [6.07, 6.45) is -1.26. The molecule has 1 aromatic heterocycles. The summed E-state index contributed by atoms with van der Waals surface area (Å²) >= 11 is 0. The number of rotatable bonds is 2. The van der Waals surface area contributed by atoms with Crippen LogP contribution >= 0.6 is 0 Å². The van der Waals surface area contributed by atoms with Gasteiger partial charge in [0.1, 0.15) is 0 Å². The summed E-state index contributed by atoms with van der Waals surface area (Å²) in [5.74, 6) is 4.92. The summed E-state index contributed by atoms with van der Waals surface area (Å²) < 4.78 is 43.6. The average molecular weight is 401 g/mol. The topological polar surface area (TPSA) is 63.1 Å². The Bertz CT molecular complexity index is 1110. The van der Waals surface area contributed by atoms with E-state index in [0.29, 0.717) is 12.0 Å². The van der Waals surface area contributed by atoms with E-state index in [4.69, 9.17) is 0 Å². The summed E-state index contributed by atoms with van der Waals surface area (Å²) in [6.45, 7) is 0. The molecule has 8 heteroatoms. The summed E-state index contributed by atoms with van der Waals surface area (Å²) in [4.78, 5) is 23.9. The second-order valence-corrected chi connectivity index (χ2v) is 7.41. The van der Waals surface area contributed by atoms with Gasteiger partial charge in [-0.15, -0.1) is 0 Å². The van der Waals surface area contributed by atoms with Crippen LogP contribution in [0.25, 0.3) is 0 Å². The number of carbonyl (C=O) groups excluding carboxylic acids is 1. The highest BCUT2D eigenvalue weighted by Crippen LogP contribution is 2.44. The third-order valence-electron chi connectivity index (χ3n) is 5.08. The number of benzene rings is 1. The van der Waals surface area contributed by atoms with Gasteiger partial charge in [0.05, 0.1) is 0 Å². The highest BCUT2D eigenvalue weighted by molar-refractivity contribution is 5.95. The predicted molar refractivity (Wildman–Crippen MR) is 101 cm³/mol. The zero-order valence-corrected chi connectivity index (χ0v) is 15.6. The minimum atomic E-state index is -4.78. The zero-order valence-electron chi connectivity index (χ0n) is 15.6. The minimum absolute atomic E-state index is 0.0515. The molecule has 1 atom stereocenters. The maximum Gasteiger partial charge on any atom is 0.427 e. The minimum Gasteiger partial charge on any atom is -0.319 e. The Morgan fingerprint density at radius 1 is 1.17 bits per heavy atom. The number of nitrogens with zero attached hydrogens (tertiary/aromatic N) is 1. The number of carbonyl (C=O) groups is 1. The first-order chi connectivity index (χ1) is 13.7. The molecule has 2 heterocycles. The van der Waals surface area contributed by atoms with E-state index in [1.165, 1.54) is 22.8 Å². The molecule has 150 valence electrons. The van der Waals surface area contributed by atoms with Crippen LogP contribution in [0, 0.1) is 17.8 Å². The normalized spacial score (nSPS) is 20.8. The number of urea groups is 1. The third-order valence-corrected chi connectivity index (χ3v) is 5.08. The highest BCUT2D eigenvalue weighted by atomic mass is 19.4. The van der Waals surface area contributed by atoms with Gasteiger partial charge in [-0.25, -0.2) is 4.79 Å². The molecule has 29 heavy (non-hydrogen) atoms. The first-order valence-corrected chi connectivity index (χ1v) is 9.15. The number of nitrogens with one attached hydrogen (secondary N) is 2. The quantitative estimate of drug-likeness (QED) is 0.759. The number of anilines is 1. The van der Waals surface area contributed by atoms with Crippen molar-refractivity contribution in [1.82, 2.24) is 9.88 Å². The van der Waals surface area contributed by atoms with Crippen molar-refractivity contribution in [1.29, 1.82) is 0 Å². The largest absolute Gasteiger partial charge is 0.427 e. The number of pyridine rings is 1. The average Bonchev–Trinajstić information content (AvgIpc) is 3.46. The lowest BCUT2D eigenvalue weighted by Gasteiger charge is -2.37. The van der Waals surface area contributed by atoms with Crippen LogP contribution in [0.4, 0.5) is 23.7 Å². The van der Waals surface area contributed by atoms with Gasteiger partial charge in [0, 0.05) is 36.5 Å². The van der Waals surface area contributed by atoms with E-state index < -0.39 is 17.7 Å². The molecular weight excluding hydrogens is 383 g/mol. The van der Waals surface area contributed by atoms with Crippen molar-refractivity contribution in [2.45, 2.75) is 31.0 Å². The van der Waals surface area contributed by atoms with Gasteiger partial charge in [0.25, 0.3) is 5.56 Å². The SMILES string of the molecule is Cn1ccc(Cc2ccc3c(c2)NC(=O)N[C@]3(C#CC2CC2)C(F)(F)F)cc1=O. The van der Waals surface area contributed by atoms with Crippen molar-refractivity contribution in [3.05, 3.63) is 63.6 Å². The molecule has 1 fully saturated rings. The molecule has 1 saturated carbocycles. The van der Waals surface area contributed by atoms with E-state index in [0.717, 1.165) is 18.4 Å². The molecule has 2 N–H and O–H groups in total. The second kappa shape index (κ2) is 6.69. The Balaban J connectivity index is 1.75. The molecular formula is C21H18F3N3O2. The first-order valence-electron chi connectivity index (χ1n) is 9.15. The van der Waals surface area contributed by atoms with Crippen molar-refractivity contribution in [2.75, 3.05) is 5.32 Å². The van der Waals surface area contributed by atoms with Crippen molar-refractivity contribution in [3.8, 4) is 11.8 Å². The Labute approximate surface area is 164 Å². The lowest BCUT2D eigenvalue weighted by molar-refractivity contribution is -0.178. The van der Waals surface area contributed by atoms with Crippen LogP contribution < -0.4 is 16.2 Å². The van der Waals surface area contributed by atoms with Gasteiger partial charge in [-0.3, -0.25) is 4.79 Å². The molecule has 1 aliphatic carbocycles. The Morgan fingerprint density at radius 3 is 2.55 bits per heavy atom. The molecule has 0 spiro atoms. The number of hydrogen-bond donors (Lipinski definition) is 2. The Kier molecular flexibility index (Phi) is 4.41. The van der Waals surface area contributed by atoms with Gasteiger partial charge in [-0.1, -0.05) is 24.0 Å². The second-order valence-electron chi connectivity index (χ2n) is 7.41. The van der Waals surface area contributed by atoms with Crippen LogP contribution in [0.2, 0.25) is 0 Å². The molecule has 0 unspecified atom stereocenters. The zero-order chi connectivity index (χ0) is 20.8. The predicted octanol–water partition coefficient (Wildman–Crippen LogP) is 3.28. The molecule has 0 bridgehead atoms. The van der Waals surface area contributed by atoms with E-state index in [1.54, 1.807) is 25.4 Å². The van der Waals surface area contributed by atoms with Crippen LogP contribution in [-0.4, -0.2) is 16.8 Å². The molecule has 0 radical (unpaired) electrons. The van der Waals surface area contributed by atoms with E-state index in [2.05, 4.69) is 17.2 Å². The number of amides is 2. The molecule has 2 aromatic rings. The Morgan fingerprint density at radius 2 is 1.90 bits per heavy atom. The van der Waals surface area contributed by atoms with E-state index in [1.807, 2.05) is 5.32 Å². The Hall–Kier alpha value is -3.21. The monoisotopic (exact) mass is 401 g/mol. The third kappa shape index (κ3) is 3.60. The van der Waals surface area contributed by atoms with Gasteiger partial charge in [0.15, 0.2) is 0 Å². The van der Waals surface area contributed by atoms with Crippen LogP contribution in [0.5, 0.6) is 0 Å². The van der Waals surface area contributed by atoms with E-state index >= 15 is 0 Å². The number of alkyl halides is 3. The lowest BCUT2D eigenvalue weighted by Crippen LogP contribution is -2.59. The van der Waals surface area contributed by atoms with Crippen LogP contribution in [0.1, 0.15) is 29.5 Å². The first kappa shape index (κ1) is 19.1. The van der Waals surface area contributed by atoms with Crippen molar-refractivity contribution >= 4 is 11.7 Å². The van der Waals surface area contributed by atoms with Crippen LogP contribution in [-0.2, 0) is 19.0 Å². The van der Waals surface area contributed by atoms with E-state index in [-0.39, 0.29) is 22.7 Å². The smallest absolute Gasteiger partial charge is 0.319 e. The van der Waals surface area contributed by atoms with Gasteiger partial charge in [0.2, 0.25) is 5.54 Å². The summed E-state index contributed by atoms with van der Waals surface area (Å²) in [6, 6.07) is 6.70. The van der Waals surface area contributed by atoms with Crippen LogP contribution in [0.15, 0.2) is 41.3 Å². The summed E-state index contributed by atoms with van der Waals surface area (Å²) in [7, 11) is 1.63. The fraction of sp³-hybridized carbons (Fsp3) is 0.333. The highest BCUT2D eigenvalue weighted by Gasteiger charge is 2.59. The van der Waals surface area contributed by atoms with Gasteiger partial charge in [-0.05, 0) is 42.5 Å². The molecule has 4 rings (SSSR count). The summed E-state index contributed by atoms with van der Waals surface area (Å²) in [5.41, 5.74) is -1.59. The number of hydrogen-bond acceptors (Lipinski definition) is 2. The molecule has 2 amide bonds. The molecule has 5 nitrogen and oxygen atoms in total.